The van der Waals surface area contributed by atoms with E-state index in [1.54, 1.807) is 18.5 Å². The highest BCUT2D eigenvalue weighted by atomic mass is 32.1. The highest BCUT2D eigenvalue weighted by Crippen LogP contribution is 2.28. The summed E-state index contributed by atoms with van der Waals surface area (Å²) in [5, 5.41) is 24.2. The zero-order valence-corrected chi connectivity index (χ0v) is 10.9. The molecule has 1 atom stereocenters. The number of carbonyl (C=O) groups is 1. The second kappa shape index (κ2) is 5.22. The molecule has 1 unspecified atom stereocenters. The molecule has 0 saturated carbocycles. The van der Waals surface area contributed by atoms with Crippen LogP contribution in [0, 0.1) is 16.0 Å². The number of hydrogen-bond acceptors (Lipinski definition) is 6. The van der Waals surface area contributed by atoms with Gasteiger partial charge in [0, 0.05) is 18.3 Å². The van der Waals surface area contributed by atoms with Gasteiger partial charge in [0.1, 0.15) is 6.20 Å². The van der Waals surface area contributed by atoms with Gasteiger partial charge >= 0.3 is 11.8 Å². The van der Waals surface area contributed by atoms with E-state index < -0.39 is 10.9 Å². The van der Waals surface area contributed by atoms with Gasteiger partial charge in [-0.3, -0.25) is 4.79 Å². The Hall–Kier alpha value is -2.16. The first kappa shape index (κ1) is 13.3. The molecule has 102 valence electrons. The topological polar surface area (TPSA) is 110 Å². The monoisotopic (exact) mass is 284 g/mol. The van der Waals surface area contributed by atoms with Crippen molar-refractivity contribution in [2.45, 2.75) is 13.3 Å². The van der Waals surface area contributed by atoms with E-state index in [2.05, 4.69) is 10.3 Å². The molecule has 0 aliphatic carbocycles. The van der Waals surface area contributed by atoms with Crippen LogP contribution < -0.4 is 5.32 Å². The molecule has 0 saturated heterocycles. The van der Waals surface area contributed by atoms with E-state index in [0.717, 1.165) is 0 Å². The SMILES string of the molecule is CC(CNc1nc2sccn2c1[N+](=O)[O-])CC(=O)O. The standard InChI is InChI=1S/C10H12N4O4S/c1-6(4-7(15)16)5-11-8-9(14(17)18)13-2-3-19-10(13)12-8/h2-3,6,11H,4-5H2,1H3,(H,15,16). The maximum absolute atomic E-state index is 11.0. The maximum Gasteiger partial charge on any atom is 0.372 e. The van der Waals surface area contributed by atoms with Crippen LogP contribution in [-0.2, 0) is 4.79 Å². The fraction of sp³-hybridized carbons (Fsp3) is 0.400. The molecule has 0 fully saturated rings. The minimum Gasteiger partial charge on any atom is -0.481 e. The molecule has 0 amide bonds. The van der Waals surface area contributed by atoms with Crippen molar-refractivity contribution in [3.63, 3.8) is 0 Å². The van der Waals surface area contributed by atoms with Crippen molar-refractivity contribution in [3.05, 3.63) is 21.7 Å². The number of aliphatic carboxylic acids is 1. The molecule has 2 rings (SSSR count). The highest BCUT2D eigenvalue weighted by Gasteiger charge is 2.23. The molecule has 2 aromatic rings. The average Bonchev–Trinajstić information content (AvgIpc) is 2.83. The first-order valence-corrected chi connectivity index (χ1v) is 6.42. The van der Waals surface area contributed by atoms with E-state index in [1.807, 2.05) is 0 Å². The van der Waals surface area contributed by atoms with Crippen molar-refractivity contribution in [1.82, 2.24) is 9.38 Å². The van der Waals surface area contributed by atoms with Gasteiger partial charge < -0.3 is 20.5 Å². The zero-order valence-electron chi connectivity index (χ0n) is 10.1. The number of thiazole rings is 1. The van der Waals surface area contributed by atoms with Crippen molar-refractivity contribution >= 4 is 33.9 Å². The molecule has 2 N–H and O–H groups in total. The Balaban J connectivity index is 2.16. The molecule has 2 aromatic heterocycles. The van der Waals surface area contributed by atoms with E-state index in [4.69, 9.17) is 5.11 Å². The average molecular weight is 284 g/mol. The van der Waals surface area contributed by atoms with E-state index in [1.165, 1.54) is 15.7 Å². The molecule has 0 radical (unpaired) electrons. The van der Waals surface area contributed by atoms with E-state index in [9.17, 15) is 14.9 Å². The van der Waals surface area contributed by atoms with Crippen LogP contribution in [0.15, 0.2) is 11.6 Å². The lowest BCUT2D eigenvalue weighted by molar-refractivity contribution is -0.389. The Morgan fingerprint density at radius 3 is 3.11 bits per heavy atom. The van der Waals surface area contributed by atoms with Crippen LogP contribution in [-0.4, -0.2) is 31.9 Å². The van der Waals surface area contributed by atoms with Crippen molar-refractivity contribution in [3.8, 4) is 0 Å². The van der Waals surface area contributed by atoms with Crippen molar-refractivity contribution < 1.29 is 14.8 Å². The number of nitrogens with one attached hydrogen (secondary N) is 1. The molecular weight excluding hydrogens is 272 g/mol. The Bertz CT molecular complexity index is 620. The van der Waals surface area contributed by atoms with Crippen molar-refractivity contribution in [2.75, 3.05) is 11.9 Å². The second-order valence-electron chi connectivity index (χ2n) is 4.18. The Morgan fingerprint density at radius 1 is 1.74 bits per heavy atom. The number of rotatable bonds is 6. The van der Waals surface area contributed by atoms with Crippen LogP contribution in [0.3, 0.4) is 0 Å². The molecule has 19 heavy (non-hydrogen) atoms. The van der Waals surface area contributed by atoms with Gasteiger partial charge in [-0.1, -0.05) is 18.3 Å². The highest BCUT2D eigenvalue weighted by molar-refractivity contribution is 7.15. The molecule has 0 aliphatic heterocycles. The van der Waals surface area contributed by atoms with Crippen LogP contribution in [0.4, 0.5) is 11.6 Å². The number of nitro groups is 1. The van der Waals surface area contributed by atoms with Crippen LogP contribution >= 0.6 is 11.3 Å². The lowest BCUT2D eigenvalue weighted by Gasteiger charge is -2.09. The molecule has 0 spiro atoms. The number of hydrogen-bond donors (Lipinski definition) is 2. The summed E-state index contributed by atoms with van der Waals surface area (Å²) in [7, 11) is 0. The number of anilines is 1. The molecule has 0 bridgehead atoms. The summed E-state index contributed by atoms with van der Waals surface area (Å²) < 4.78 is 1.40. The lowest BCUT2D eigenvalue weighted by Crippen LogP contribution is -2.15. The quantitative estimate of drug-likeness (QED) is 0.618. The molecule has 8 nitrogen and oxygen atoms in total. The summed E-state index contributed by atoms with van der Waals surface area (Å²) in [5.41, 5.74) is 0. The predicted molar refractivity (Wildman–Crippen MR) is 69.6 cm³/mol. The smallest absolute Gasteiger partial charge is 0.372 e. The third-order valence-corrected chi connectivity index (χ3v) is 3.31. The lowest BCUT2D eigenvalue weighted by atomic mass is 10.1. The molecule has 9 heteroatoms. The predicted octanol–water partition coefficient (Wildman–Crippen LogP) is 1.83. The first-order valence-electron chi connectivity index (χ1n) is 5.54. The fourth-order valence-corrected chi connectivity index (χ4v) is 2.42. The summed E-state index contributed by atoms with van der Waals surface area (Å²) in [6.07, 6.45) is 1.58. The largest absolute Gasteiger partial charge is 0.481 e. The summed E-state index contributed by atoms with van der Waals surface area (Å²) >= 11 is 1.30. The van der Waals surface area contributed by atoms with Gasteiger partial charge in [-0.25, -0.2) is 0 Å². The summed E-state index contributed by atoms with van der Waals surface area (Å²) in [6, 6.07) is 0. The molecule has 2 heterocycles. The van der Waals surface area contributed by atoms with E-state index in [-0.39, 0.29) is 24.0 Å². The first-order chi connectivity index (χ1) is 8.99. The Kier molecular flexibility index (Phi) is 3.65. The van der Waals surface area contributed by atoms with Gasteiger partial charge in [0.15, 0.2) is 0 Å². The van der Waals surface area contributed by atoms with Crippen molar-refractivity contribution in [2.24, 2.45) is 5.92 Å². The zero-order chi connectivity index (χ0) is 14.0. The minimum absolute atomic E-state index is 0.00299. The third-order valence-electron chi connectivity index (χ3n) is 2.55. The number of carboxylic acid groups (broad SMARTS) is 1. The van der Waals surface area contributed by atoms with Gasteiger partial charge in [0.2, 0.25) is 5.82 Å². The normalized spacial score (nSPS) is 12.5. The van der Waals surface area contributed by atoms with Gasteiger partial charge in [0.05, 0.1) is 0 Å². The van der Waals surface area contributed by atoms with Gasteiger partial charge in [-0.2, -0.15) is 9.38 Å². The van der Waals surface area contributed by atoms with Crippen LogP contribution in [0.25, 0.3) is 4.96 Å². The van der Waals surface area contributed by atoms with E-state index >= 15 is 0 Å². The van der Waals surface area contributed by atoms with Crippen LogP contribution in [0.2, 0.25) is 0 Å². The third kappa shape index (κ3) is 2.81. The van der Waals surface area contributed by atoms with Gasteiger partial charge in [0.25, 0.3) is 4.96 Å². The Labute approximate surface area is 111 Å². The minimum atomic E-state index is -0.894. The number of carboxylic acids is 1. The molecule has 0 aromatic carbocycles. The van der Waals surface area contributed by atoms with Gasteiger partial charge in [-0.05, 0) is 10.8 Å². The van der Waals surface area contributed by atoms with Crippen molar-refractivity contribution in [1.29, 1.82) is 0 Å². The van der Waals surface area contributed by atoms with Crippen LogP contribution in [0.5, 0.6) is 0 Å². The fourth-order valence-electron chi connectivity index (χ4n) is 1.71. The van der Waals surface area contributed by atoms with Crippen LogP contribution in [0.1, 0.15) is 13.3 Å². The maximum atomic E-state index is 11.0. The summed E-state index contributed by atoms with van der Waals surface area (Å²) in [6.45, 7) is 2.07. The number of aromatic nitrogens is 2. The number of nitrogens with zero attached hydrogens (tertiary/aromatic N) is 3. The summed E-state index contributed by atoms with van der Waals surface area (Å²) in [5.74, 6) is -0.987. The second-order valence-corrected chi connectivity index (χ2v) is 5.05. The summed E-state index contributed by atoms with van der Waals surface area (Å²) in [4.78, 5) is 25.7. The molecule has 0 aliphatic rings. The number of imidazole rings is 1. The van der Waals surface area contributed by atoms with E-state index in [0.29, 0.717) is 11.5 Å². The number of fused-ring (bicyclic) bond motifs is 1. The van der Waals surface area contributed by atoms with Gasteiger partial charge in [-0.15, -0.1) is 0 Å². The Morgan fingerprint density at radius 2 is 2.47 bits per heavy atom. The molecular formula is C10H12N4O4S.